The predicted molar refractivity (Wildman–Crippen MR) is 111 cm³/mol. The summed E-state index contributed by atoms with van der Waals surface area (Å²) < 4.78 is 0. The molecule has 0 fully saturated rings. The zero-order valence-corrected chi connectivity index (χ0v) is 16.6. The van der Waals surface area contributed by atoms with Crippen molar-refractivity contribution >= 4 is 29.9 Å². The Bertz CT molecular complexity index is 614. The van der Waals surface area contributed by atoms with E-state index < -0.39 is 0 Å². The Morgan fingerprint density at radius 3 is 2.33 bits per heavy atom. The fourth-order valence-electron chi connectivity index (χ4n) is 2.47. The van der Waals surface area contributed by atoms with Crippen LogP contribution in [0.5, 0.6) is 5.75 Å². The molecule has 0 spiro atoms. The van der Waals surface area contributed by atoms with Crippen molar-refractivity contribution in [1.82, 2.24) is 10.2 Å². The second-order valence-electron chi connectivity index (χ2n) is 5.59. The second kappa shape index (κ2) is 10.9. The van der Waals surface area contributed by atoms with Crippen LogP contribution in [0.4, 0.5) is 0 Å². The molecule has 24 heavy (non-hydrogen) atoms. The summed E-state index contributed by atoms with van der Waals surface area (Å²) in [7, 11) is 3.85. The monoisotopic (exact) mass is 439 g/mol. The Balaban J connectivity index is 0.00000288. The van der Waals surface area contributed by atoms with E-state index in [2.05, 4.69) is 39.5 Å². The molecule has 0 aromatic heterocycles. The first-order chi connectivity index (χ1) is 11.2. The summed E-state index contributed by atoms with van der Waals surface area (Å²) in [6.07, 6.45) is 2.00. The van der Waals surface area contributed by atoms with Gasteiger partial charge < -0.3 is 15.3 Å². The molecule has 2 aromatic rings. The molecule has 0 radical (unpaired) electrons. The molecule has 0 aliphatic heterocycles. The number of benzene rings is 2. The van der Waals surface area contributed by atoms with Crippen molar-refractivity contribution in [3.63, 3.8) is 0 Å². The number of hydrogen-bond acceptors (Lipinski definition) is 2. The number of aryl methyl sites for hydroxylation is 1. The summed E-state index contributed by atoms with van der Waals surface area (Å²) >= 11 is 0. The zero-order valence-electron chi connectivity index (χ0n) is 14.3. The highest BCUT2D eigenvalue weighted by Gasteiger charge is 2.05. The van der Waals surface area contributed by atoms with Crippen LogP contribution >= 0.6 is 24.0 Å². The normalized spacial score (nSPS) is 10.8. The number of nitrogens with one attached hydrogen (secondary N) is 1. The molecule has 2 rings (SSSR count). The summed E-state index contributed by atoms with van der Waals surface area (Å²) in [6.45, 7) is 1.70. The summed E-state index contributed by atoms with van der Waals surface area (Å²) in [6, 6.07) is 17.8. The number of aromatic hydroxyl groups is 1. The molecule has 5 heteroatoms. The maximum absolute atomic E-state index is 9.28. The molecular weight excluding hydrogens is 413 g/mol. The van der Waals surface area contributed by atoms with Crippen LogP contribution in [0.1, 0.15) is 17.5 Å². The maximum atomic E-state index is 9.28. The molecule has 0 atom stereocenters. The lowest BCUT2D eigenvalue weighted by Crippen LogP contribution is -2.38. The van der Waals surface area contributed by atoms with E-state index in [-0.39, 0.29) is 24.0 Å². The number of nitrogens with zero attached hydrogens (tertiary/aromatic N) is 2. The van der Waals surface area contributed by atoms with E-state index in [1.807, 2.05) is 32.3 Å². The van der Waals surface area contributed by atoms with Gasteiger partial charge in [-0.05, 0) is 36.1 Å². The molecular formula is C19H26IN3O. The summed E-state index contributed by atoms with van der Waals surface area (Å²) in [5.41, 5.74) is 2.50. The zero-order chi connectivity index (χ0) is 16.5. The number of guanidine groups is 1. The van der Waals surface area contributed by atoms with Gasteiger partial charge >= 0.3 is 0 Å². The van der Waals surface area contributed by atoms with Crippen molar-refractivity contribution in [2.75, 3.05) is 20.6 Å². The lowest BCUT2D eigenvalue weighted by molar-refractivity contribution is 0.474. The Labute approximate surface area is 161 Å². The Hall–Kier alpha value is -1.76. The van der Waals surface area contributed by atoms with E-state index in [0.717, 1.165) is 31.9 Å². The standard InChI is InChI=1S/C19H25N3O.HI/c1-20-19(22(2)15-17-7-4-3-5-8-17)21-14-6-9-16-10-12-18(23)13-11-16;/h3-5,7-8,10-13,23H,6,9,14-15H2,1-2H3,(H,20,21);1H. The number of aliphatic imine (C=N–C) groups is 1. The molecule has 0 aliphatic carbocycles. The van der Waals surface area contributed by atoms with Gasteiger partial charge in [-0.25, -0.2) is 0 Å². The van der Waals surface area contributed by atoms with E-state index in [4.69, 9.17) is 0 Å². The van der Waals surface area contributed by atoms with Crippen LogP contribution in [0, 0.1) is 0 Å². The van der Waals surface area contributed by atoms with Crippen LogP contribution in [-0.2, 0) is 13.0 Å². The lowest BCUT2D eigenvalue weighted by atomic mass is 10.1. The summed E-state index contributed by atoms with van der Waals surface area (Å²) in [5.74, 6) is 1.22. The van der Waals surface area contributed by atoms with Crippen molar-refractivity contribution < 1.29 is 5.11 Å². The van der Waals surface area contributed by atoms with Gasteiger partial charge in [0.15, 0.2) is 5.96 Å². The first-order valence-corrected chi connectivity index (χ1v) is 7.92. The molecule has 0 bridgehead atoms. The number of phenols is 1. The topological polar surface area (TPSA) is 47.9 Å². The fraction of sp³-hybridized carbons (Fsp3) is 0.316. The quantitative estimate of drug-likeness (QED) is 0.313. The van der Waals surface area contributed by atoms with E-state index in [0.29, 0.717) is 5.75 Å². The van der Waals surface area contributed by atoms with E-state index in [9.17, 15) is 5.11 Å². The highest BCUT2D eigenvalue weighted by Crippen LogP contribution is 2.10. The van der Waals surface area contributed by atoms with Gasteiger partial charge in [0.25, 0.3) is 0 Å². The maximum Gasteiger partial charge on any atom is 0.193 e. The molecule has 2 N–H and O–H groups in total. The van der Waals surface area contributed by atoms with Gasteiger partial charge in [-0.3, -0.25) is 4.99 Å². The van der Waals surface area contributed by atoms with Gasteiger partial charge in [0, 0.05) is 27.2 Å². The van der Waals surface area contributed by atoms with Crippen molar-refractivity contribution in [1.29, 1.82) is 0 Å². The van der Waals surface area contributed by atoms with E-state index in [1.54, 1.807) is 12.1 Å². The number of halogens is 1. The third-order valence-electron chi connectivity index (χ3n) is 3.70. The number of phenolic OH excluding ortho intramolecular Hbond substituents is 1. The third-order valence-corrected chi connectivity index (χ3v) is 3.70. The van der Waals surface area contributed by atoms with Crippen LogP contribution < -0.4 is 5.32 Å². The van der Waals surface area contributed by atoms with Crippen molar-refractivity contribution in [3.8, 4) is 5.75 Å². The first kappa shape index (κ1) is 20.3. The summed E-state index contributed by atoms with van der Waals surface area (Å²) in [5, 5.41) is 12.7. The molecule has 0 amide bonds. The van der Waals surface area contributed by atoms with Crippen molar-refractivity contribution in [3.05, 3.63) is 65.7 Å². The minimum Gasteiger partial charge on any atom is -0.508 e. The molecule has 0 heterocycles. The molecule has 2 aromatic carbocycles. The SMILES string of the molecule is CN=C(NCCCc1ccc(O)cc1)N(C)Cc1ccccc1.I. The van der Waals surface area contributed by atoms with Crippen LogP contribution in [0.2, 0.25) is 0 Å². The molecule has 130 valence electrons. The van der Waals surface area contributed by atoms with Crippen LogP contribution in [0.3, 0.4) is 0 Å². The molecule has 0 aliphatic rings. The van der Waals surface area contributed by atoms with Gasteiger partial charge in [0.2, 0.25) is 0 Å². The molecule has 0 saturated heterocycles. The first-order valence-electron chi connectivity index (χ1n) is 7.92. The van der Waals surface area contributed by atoms with Gasteiger partial charge in [0.05, 0.1) is 0 Å². The van der Waals surface area contributed by atoms with Gasteiger partial charge in [0.1, 0.15) is 5.75 Å². The largest absolute Gasteiger partial charge is 0.508 e. The highest BCUT2D eigenvalue weighted by molar-refractivity contribution is 14.0. The summed E-state index contributed by atoms with van der Waals surface area (Å²) in [4.78, 5) is 6.46. The minimum absolute atomic E-state index is 0. The number of rotatable bonds is 6. The Kier molecular flexibility index (Phi) is 9.22. The smallest absolute Gasteiger partial charge is 0.193 e. The van der Waals surface area contributed by atoms with Gasteiger partial charge in [-0.15, -0.1) is 24.0 Å². The third kappa shape index (κ3) is 6.78. The second-order valence-corrected chi connectivity index (χ2v) is 5.59. The molecule has 0 saturated carbocycles. The van der Waals surface area contributed by atoms with Gasteiger partial charge in [-0.1, -0.05) is 42.5 Å². The number of hydrogen-bond donors (Lipinski definition) is 2. The Morgan fingerprint density at radius 1 is 1.04 bits per heavy atom. The minimum atomic E-state index is 0. The van der Waals surface area contributed by atoms with E-state index >= 15 is 0 Å². The van der Waals surface area contributed by atoms with E-state index in [1.165, 1.54) is 11.1 Å². The van der Waals surface area contributed by atoms with Gasteiger partial charge in [-0.2, -0.15) is 0 Å². The average Bonchev–Trinajstić information content (AvgIpc) is 2.57. The fourth-order valence-corrected chi connectivity index (χ4v) is 2.47. The average molecular weight is 439 g/mol. The Morgan fingerprint density at radius 2 is 1.71 bits per heavy atom. The highest BCUT2D eigenvalue weighted by atomic mass is 127. The van der Waals surface area contributed by atoms with Crippen molar-refractivity contribution in [2.45, 2.75) is 19.4 Å². The lowest BCUT2D eigenvalue weighted by Gasteiger charge is -2.22. The molecule has 4 nitrogen and oxygen atoms in total. The van der Waals surface area contributed by atoms with Crippen LogP contribution in [0.25, 0.3) is 0 Å². The van der Waals surface area contributed by atoms with Crippen LogP contribution in [-0.4, -0.2) is 36.6 Å². The van der Waals surface area contributed by atoms with Crippen molar-refractivity contribution in [2.24, 2.45) is 4.99 Å². The van der Waals surface area contributed by atoms with Crippen LogP contribution in [0.15, 0.2) is 59.6 Å². The predicted octanol–water partition coefficient (Wildman–Crippen LogP) is 3.65. The molecule has 0 unspecified atom stereocenters.